The maximum atomic E-state index is 12.6. The fraction of sp³-hybridized carbons (Fsp3) is 0.467. The number of carbonyl (C=O) groups excluding carboxylic acids is 2. The molecule has 1 atom stereocenters. The lowest BCUT2D eigenvalue weighted by atomic mass is 9.91. The van der Waals surface area contributed by atoms with Gasteiger partial charge in [0.1, 0.15) is 11.3 Å². The first-order chi connectivity index (χ1) is 9.67. The molecule has 0 saturated carbocycles. The number of rotatable bonds is 4. The molecule has 2 rings (SSSR count). The second-order valence-electron chi connectivity index (χ2n) is 6.16. The highest BCUT2D eigenvalue weighted by atomic mass is 16.5. The lowest BCUT2D eigenvalue weighted by molar-refractivity contribution is -0.131. The lowest BCUT2D eigenvalue weighted by Gasteiger charge is -2.26. The van der Waals surface area contributed by atoms with Gasteiger partial charge in [0.05, 0.1) is 7.11 Å². The molecule has 1 aromatic carbocycles. The number of nitrogens with two attached hydrogens (primary N) is 1. The molecule has 0 aromatic heterocycles. The monoisotopic (exact) mass is 291 g/mol. The Morgan fingerprint density at radius 1 is 1.29 bits per heavy atom. The van der Waals surface area contributed by atoms with Gasteiger partial charge in [-0.25, -0.2) is 4.79 Å². The summed E-state index contributed by atoms with van der Waals surface area (Å²) in [6.07, 6.45) is 0. The number of nitrogens with zero attached hydrogens (tertiary/aromatic N) is 1. The highest BCUT2D eigenvalue weighted by Gasteiger charge is 2.49. The fourth-order valence-electron chi connectivity index (χ4n) is 2.37. The van der Waals surface area contributed by atoms with Crippen LogP contribution in [0, 0.1) is 0 Å². The van der Waals surface area contributed by atoms with E-state index < -0.39 is 17.1 Å². The lowest BCUT2D eigenvalue weighted by Crippen LogP contribution is -2.48. The van der Waals surface area contributed by atoms with E-state index in [-0.39, 0.29) is 12.5 Å². The third kappa shape index (κ3) is 2.85. The Bertz CT molecular complexity index is 563. The van der Waals surface area contributed by atoms with Crippen LogP contribution in [0.3, 0.4) is 0 Å². The van der Waals surface area contributed by atoms with Gasteiger partial charge in [0.25, 0.3) is 5.91 Å². The number of carbonyl (C=O) groups is 2. The molecule has 21 heavy (non-hydrogen) atoms. The van der Waals surface area contributed by atoms with Crippen molar-refractivity contribution in [2.45, 2.75) is 31.8 Å². The van der Waals surface area contributed by atoms with E-state index in [9.17, 15) is 9.59 Å². The number of urea groups is 1. The fourth-order valence-corrected chi connectivity index (χ4v) is 2.37. The van der Waals surface area contributed by atoms with E-state index >= 15 is 0 Å². The summed E-state index contributed by atoms with van der Waals surface area (Å²) in [7, 11) is 1.57. The molecule has 0 radical (unpaired) electrons. The first-order valence-corrected chi connectivity index (χ1v) is 6.75. The standard InChI is InChI=1S/C15H21N3O3/c1-14(2,16)9-18-12(19)15(3,17-13(18)20)10-5-7-11(21-4)8-6-10/h5-8H,9,16H2,1-4H3,(H,17,20). The van der Waals surface area contributed by atoms with Crippen molar-refractivity contribution < 1.29 is 14.3 Å². The normalized spacial score (nSPS) is 22.4. The van der Waals surface area contributed by atoms with Crippen molar-refractivity contribution >= 4 is 11.9 Å². The summed E-state index contributed by atoms with van der Waals surface area (Å²) in [5.74, 6) is 0.398. The van der Waals surface area contributed by atoms with Gasteiger partial charge in [0, 0.05) is 12.1 Å². The molecule has 3 amide bonds. The molecule has 1 saturated heterocycles. The van der Waals surface area contributed by atoms with Gasteiger partial charge in [-0.3, -0.25) is 9.69 Å². The van der Waals surface area contributed by atoms with Crippen molar-refractivity contribution in [3.8, 4) is 5.75 Å². The number of ether oxygens (including phenoxy) is 1. The molecule has 3 N–H and O–H groups in total. The quantitative estimate of drug-likeness (QED) is 0.816. The van der Waals surface area contributed by atoms with Crippen molar-refractivity contribution in [2.75, 3.05) is 13.7 Å². The van der Waals surface area contributed by atoms with E-state index in [4.69, 9.17) is 10.5 Å². The Balaban J connectivity index is 2.30. The molecule has 0 aliphatic carbocycles. The summed E-state index contributed by atoms with van der Waals surface area (Å²) in [6, 6.07) is 6.64. The van der Waals surface area contributed by atoms with Crippen molar-refractivity contribution in [3.05, 3.63) is 29.8 Å². The van der Waals surface area contributed by atoms with Gasteiger partial charge < -0.3 is 15.8 Å². The van der Waals surface area contributed by atoms with Crippen LogP contribution < -0.4 is 15.8 Å². The minimum atomic E-state index is -1.07. The van der Waals surface area contributed by atoms with Crippen LogP contribution in [0.25, 0.3) is 0 Å². The van der Waals surface area contributed by atoms with Crippen LogP contribution in [-0.2, 0) is 10.3 Å². The molecular formula is C15H21N3O3. The Morgan fingerprint density at radius 2 is 1.86 bits per heavy atom. The van der Waals surface area contributed by atoms with E-state index in [1.165, 1.54) is 4.90 Å². The molecule has 1 aliphatic rings. The largest absolute Gasteiger partial charge is 0.497 e. The Morgan fingerprint density at radius 3 is 2.33 bits per heavy atom. The summed E-state index contributed by atoms with van der Waals surface area (Å²) < 4.78 is 5.10. The van der Waals surface area contributed by atoms with Crippen LogP contribution in [-0.4, -0.2) is 36.0 Å². The van der Waals surface area contributed by atoms with Crippen LogP contribution in [0.4, 0.5) is 4.79 Å². The third-order valence-electron chi connectivity index (χ3n) is 3.51. The summed E-state index contributed by atoms with van der Waals surface area (Å²) in [6.45, 7) is 5.41. The predicted molar refractivity (Wildman–Crippen MR) is 78.9 cm³/mol. The third-order valence-corrected chi connectivity index (χ3v) is 3.51. The van der Waals surface area contributed by atoms with Crippen LogP contribution in [0.15, 0.2) is 24.3 Å². The smallest absolute Gasteiger partial charge is 0.325 e. The van der Waals surface area contributed by atoms with E-state index in [0.29, 0.717) is 11.3 Å². The molecule has 1 unspecified atom stereocenters. The molecule has 0 bridgehead atoms. The van der Waals surface area contributed by atoms with Crippen LogP contribution in [0.5, 0.6) is 5.75 Å². The van der Waals surface area contributed by atoms with Crippen LogP contribution in [0.1, 0.15) is 26.3 Å². The SMILES string of the molecule is COc1ccc(C2(C)NC(=O)N(CC(C)(C)N)C2=O)cc1. The topological polar surface area (TPSA) is 84.7 Å². The molecule has 1 aromatic rings. The van der Waals surface area contributed by atoms with Crippen molar-refractivity contribution in [3.63, 3.8) is 0 Å². The number of methoxy groups -OCH3 is 1. The van der Waals surface area contributed by atoms with Gasteiger partial charge >= 0.3 is 6.03 Å². The number of imide groups is 1. The summed E-state index contributed by atoms with van der Waals surface area (Å²) in [5, 5.41) is 2.75. The van der Waals surface area contributed by atoms with Crippen LogP contribution >= 0.6 is 0 Å². The molecule has 1 heterocycles. The van der Waals surface area contributed by atoms with E-state index in [1.54, 1.807) is 52.1 Å². The molecule has 6 heteroatoms. The molecular weight excluding hydrogens is 270 g/mol. The zero-order valence-electron chi connectivity index (χ0n) is 12.8. The summed E-state index contributed by atoms with van der Waals surface area (Å²) >= 11 is 0. The number of amides is 3. The first-order valence-electron chi connectivity index (χ1n) is 6.75. The van der Waals surface area contributed by atoms with Gasteiger partial charge in [-0.05, 0) is 38.5 Å². The minimum Gasteiger partial charge on any atom is -0.497 e. The zero-order chi connectivity index (χ0) is 15.8. The zero-order valence-corrected chi connectivity index (χ0v) is 12.8. The second kappa shape index (κ2) is 5.04. The summed E-state index contributed by atoms with van der Waals surface area (Å²) in [4.78, 5) is 25.9. The molecule has 1 fully saturated rings. The van der Waals surface area contributed by atoms with Gasteiger partial charge in [0.2, 0.25) is 0 Å². The number of benzene rings is 1. The highest BCUT2D eigenvalue weighted by Crippen LogP contribution is 2.30. The minimum absolute atomic E-state index is 0.170. The van der Waals surface area contributed by atoms with Crippen molar-refractivity contribution in [2.24, 2.45) is 5.73 Å². The van der Waals surface area contributed by atoms with Gasteiger partial charge in [-0.1, -0.05) is 12.1 Å². The average molecular weight is 291 g/mol. The van der Waals surface area contributed by atoms with Crippen molar-refractivity contribution in [1.29, 1.82) is 0 Å². The average Bonchev–Trinajstić information content (AvgIpc) is 2.62. The molecule has 0 spiro atoms. The number of hydrogen-bond acceptors (Lipinski definition) is 4. The maximum absolute atomic E-state index is 12.6. The highest BCUT2D eigenvalue weighted by molar-refractivity contribution is 6.07. The second-order valence-corrected chi connectivity index (χ2v) is 6.16. The number of hydrogen-bond donors (Lipinski definition) is 2. The number of nitrogens with one attached hydrogen (secondary N) is 1. The van der Waals surface area contributed by atoms with Crippen LogP contribution in [0.2, 0.25) is 0 Å². The van der Waals surface area contributed by atoms with E-state index in [0.717, 1.165) is 0 Å². The Hall–Kier alpha value is -2.08. The van der Waals surface area contributed by atoms with Gasteiger partial charge in [0.15, 0.2) is 0 Å². The van der Waals surface area contributed by atoms with Gasteiger partial charge in [-0.15, -0.1) is 0 Å². The van der Waals surface area contributed by atoms with Gasteiger partial charge in [-0.2, -0.15) is 0 Å². The first kappa shape index (κ1) is 15.3. The Labute approximate surface area is 124 Å². The molecule has 6 nitrogen and oxygen atoms in total. The maximum Gasteiger partial charge on any atom is 0.325 e. The molecule has 1 aliphatic heterocycles. The van der Waals surface area contributed by atoms with E-state index in [1.807, 2.05) is 0 Å². The van der Waals surface area contributed by atoms with Crippen molar-refractivity contribution in [1.82, 2.24) is 10.2 Å². The summed E-state index contributed by atoms with van der Waals surface area (Å²) in [5.41, 5.74) is 4.91. The Kier molecular flexibility index (Phi) is 3.67. The predicted octanol–water partition coefficient (Wildman–Crippen LogP) is 1.20. The molecule has 114 valence electrons. The van der Waals surface area contributed by atoms with E-state index in [2.05, 4.69) is 5.32 Å².